The standard InChI is InChI=1S/C17H30N4OS/c1-6-23-15-9-7-8-14(10-15)18-17(22)19-16-12(4)20-21(11(2)3)13(16)5/h11,14-15H,6-10H2,1-5H3,(H2,18,19,22)/t14-,15-/m1/s1. The summed E-state index contributed by atoms with van der Waals surface area (Å²) in [5.41, 5.74) is 2.72. The normalized spacial score (nSPS) is 21.5. The van der Waals surface area contributed by atoms with Crippen LogP contribution in [-0.4, -0.2) is 32.9 Å². The molecule has 1 fully saturated rings. The van der Waals surface area contributed by atoms with Crippen LogP contribution in [0, 0.1) is 13.8 Å². The van der Waals surface area contributed by atoms with Gasteiger partial charge in [0, 0.05) is 17.3 Å². The molecule has 0 unspecified atom stereocenters. The summed E-state index contributed by atoms with van der Waals surface area (Å²) in [5.74, 6) is 1.15. The Morgan fingerprint density at radius 3 is 2.74 bits per heavy atom. The van der Waals surface area contributed by atoms with Crippen LogP contribution in [0.15, 0.2) is 0 Å². The molecule has 1 heterocycles. The first-order chi connectivity index (χ1) is 10.9. The molecule has 1 aliphatic rings. The van der Waals surface area contributed by atoms with E-state index in [2.05, 4.69) is 36.5 Å². The molecule has 0 saturated heterocycles. The van der Waals surface area contributed by atoms with E-state index in [0.717, 1.165) is 35.7 Å². The van der Waals surface area contributed by atoms with Crippen molar-refractivity contribution in [1.82, 2.24) is 15.1 Å². The average Bonchev–Trinajstić information content (AvgIpc) is 2.76. The third-order valence-electron chi connectivity index (χ3n) is 4.42. The summed E-state index contributed by atoms with van der Waals surface area (Å²) >= 11 is 2.01. The minimum Gasteiger partial charge on any atom is -0.335 e. The van der Waals surface area contributed by atoms with Gasteiger partial charge in [-0.05, 0) is 52.7 Å². The van der Waals surface area contributed by atoms with Gasteiger partial charge in [-0.25, -0.2) is 4.79 Å². The first-order valence-corrected chi connectivity index (χ1v) is 9.72. The Balaban J connectivity index is 1.95. The number of anilines is 1. The number of nitrogens with one attached hydrogen (secondary N) is 2. The van der Waals surface area contributed by atoms with Crippen LogP contribution in [0.25, 0.3) is 0 Å². The molecule has 0 aliphatic heterocycles. The van der Waals surface area contributed by atoms with Crippen molar-refractivity contribution in [3.63, 3.8) is 0 Å². The number of carbonyl (C=O) groups is 1. The Morgan fingerprint density at radius 1 is 1.39 bits per heavy atom. The number of rotatable bonds is 5. The lowest BCUT2D eigenvalue weighted by Crippen LogP contribution is -2.41. The van der Waals surface area contributed by atoms with Crippen LogP contribution in [0.5, 0.6) is 0 Å². The fourth-order valence-electron chi connectivity index (χ4n) is 3.34. The van der Waals surface area contributed by atoms with E-state index in [1.165, 1.54) is 12.8 Å². The summed E-state index contributed by atoms with van der Waals surface area (Å²) in [4.78, 5) is 12.4. The monoisotopic (exact) mass is 338 g/mol. The zero-order valence-corrected chi connectivity index (χ0v) is 15.8. The Morgan fingerprint density at radius 2 is 2.13 bits per heavy atom. The van der Waals surface area contributed by atoms with Crippen LogP contribution in [0.4, 0.5) is 10.5 Å². The third kappa shape index (κ3) is 4.66. The van der Waals surface area contributed by atoms with E-state index in [1.54, 1.807) is 0 Å². The maximum atomic E-state index is 12.4. The van der Waals surface area contributed by atoms with Gasteiger partial charge >= 0.3 is 6.03 Å². The SMILES string of the molecule is CCS[C@@H]1CCC[C@@H](NC(=O)Nc2c(C)nn(C(C)C)c2C)C1. The summed E-state index contributed by atoms with van der Waals surface area (Å²) in [7, 11) is 0. The lowest BCUT2D eigenvalue weighted by molar-refractivity contribution is 0.244. The van der Waals surface area contributed by atoms with Crippen LogP contribution in [-0.2, 0) is 0 Å². The molecule has 2 N–H and O–H groups in total. The smallest absolute Gasteiger partial charge is 0.319 e. The first-order valence-electron chi connectivity index (χ1n) is 8.67. The maximum Gasteiger partial charge on any atom is 0.319 e. The predicted octanol–water partition coefficient (Wildman–Crippen LogP) is 4.27. The maximum absolute atomic E-state index is 12.4. The van der Waals surface area contributed by atoms with Crippen molar-refractivity contribution in [3.8, 4) is 0 Å². The van der Waals surface area contributed by atoms with Crippen molar-refractivity contribution in [3.05, 3.63) is 11.4 Å². The Kier molecular flexibility index (Phi) is 6.39. The number of aromatic nitrogens is 2. The topological polar surface area (TPSA) is 59.0 Å². The highest BCUT2D eigenvalue weighted by Crippen LogP contribution is 2.28. The van der Waals surface area contributed by atoms with Gasteiger partial charge in [0.2, 0.25) is 0 Å². The molecule has 1 aliphatic carbocycles. The van der Waals surface area contributed by atoms with Crippen molar-refractivity contribution >= 4 is 23.5 Å². The number of hydrogen-bond donors (Lipinski definition) is 2. The molecule has 2 amide bonds. The molecular formula is C17H30N4OS. The Hall–Kier alpha value is -1.17. The van der Waals surface area contributed by atoms with E-state index in [1.807, 2.05) is 30.3 Å². The van der Waals surface area contributed by atoms with E-state index in [0.29, 0.717) is 5.25 Å². The molecule has 5 nitrogen and oxygen atoms in total. The third-order valence-corrected chi connectivity index (χ3v) is 5.65. The number of amides is 2. The van der Waals surface area contributed by atoms with Crippen molar-refractivity contribution < 1.29 is 4.79 Å². The fourth-order valence-corrected chi connectivity index (χ4v) is 4.52. The minimum absolute atomic E-state index is 0.105. The number of hydrogen-bond acceptors (Lipinski definition) is 3. The van der Waals surface area contributed by atoms with Crippen molar-refractivity contribution in [2.75, 3.05) is 11.1 Å². The number of thioether (sulfide) groups is 1. The van der Waals surface area contributed by atoms with Crippen LogP contribution in [0.1, 0.15) is 63.9 Å². The number of urea groups is 1. The summed E-state index contributed by atoms with van der Waals surface area (Å²) in [6, 6.07) is 0.470. The second kappa shape index (κ2) is 8.08. The predicted molar refractivity (Wildman–Crippen MR) is 98.4 cm³/mol. The first kappa shape index (κ1) is 18.2. The van der Waals surface area contributed by atoms with Gasteiger partial charge in [-0.1, -0.05) is 13.3 Å². The van der Waals surface area contributed by atoms with Crippen molar-refractivity contribution in [2.24, 2.45) is 0 Å². The van der Waals surface area contributed by atoms with Gasteiger partial charge in [-0.15, -0.1) is 0 Å². The van der Waals surface area contributed by atoms with Gasteiger partial charge in [-0.2, -0.15) is 16.9 Å². The van der Waals surface area contributed by atoms with E-state index in [-0.39, 0.29) is 18.1 Å². The van der Waals surface area contributed by atoms with Crippen LogP contribution in [0.3, 0.4) is 0 Å². The molecule has 0 bridgehead atoms. The summed E-state index contributed by atoms with van der Waals surface area (Å²) in [6.45, 7) is 10.3. The zero-order chi connectivity index (χ0) is 17.0. The second-order valence-electron chi connectivity index (χ2n) is 6.62. The van der Waals surface area contributed by atoms with Crippen LogP contribution < -0.4 is 10.6 Å². The van der Waals surface area contributed by atoms with Crippen molar-refractivity contribution in [1.29, 1.82) is 0 Å². The minimum atomic E-state index is -0.105. The van der Waals surface area contributed by atoms with Gasteiger partial charge in [0.1, 0.15) is 0 Å². The van der Waals surface area contributed by atoms with E-state index in [4.69, 9.17) is 0 Å². The molecule has 0 aromatic carbocycles. The highest BCUT2D eigenvalue weighted by molar-refractivity contribution is 7.99. The van der Waals surface area contributed by atoms with Gasteiger partial charge in [0.05, 0.1) is 17.1 Å². The lowest BCUT2D eigenvalue weighted by atomic mass is 9.95. The largest absolute Gasteiger partial charge is 0.335 e. The van der Waals surface area contributed by atoms with E-state index < -0.39 is 0 Å². The molecule has 1 aromatic heterocycles. The number of nitrogens with zero attached hydrogens (tertiary/aromatic N) is 2. The highest BCUT2D eigenvalue weighted by Gasteiger charge is 2.24. The number of carbonyl (C=O) groups excluding carboxylic acids is 1. The molecule has 6 heteroatoms. The van der Waals surface area contributed by atoms with Crippen LogP contribution in [0.2, 0.25) is 0 Å². The molecule has 1 aromatic rings. The van der Waals surface area contributed by atoms with Gasteiger partial charge in [0.25, 0.3) is 0 Å². The zero-order valence-electron chi connectivity index (χ0n) is 15.0. The van der Waals surface area contributed by atoms with Crippen LogP contribution >= 0.6 is 11.8 Å². The number of aryl methyl sites for hydroxylation is 1. The molecule has 0 spiro atoms. The molecule has 23 heavy (non-hydrogen) atoms. The highest BCUT2D eigenvalue weighted by atomic mass is 32.2. The average molecular weight is 339 g/mol. The fraction of sp³-hybridized carbons (Fsp3) is 0.765. The molecule has 130 valence electrons. The van der Waals surface area contributed by atoms with Gasteiger partial charge in [-0.3, -0.25) is 4.68 Å². The van der Waals surface area contributed by atoms with E-state index in [9.17, 15) is 4.79 Å². The molecular weight excluding hydrogens is 308 g/mol. The summed E-state index contributed by atoms with van der Waals surface area (Å²) < 4.78 is 1.96. The molecule has 2 rings (SSSR count). The molecule has 0 radical (unpaired) electrons. The van der Waals surface area contributed by atoms with Gasteiger partial charge < -0.3 is 10.6 Å². The quantitative estimate of drug-likeness (QED) is 0.843. The molecule has 2 atom stereocenters. The van der Waals surface area contributed by atoms with Crippen molar-refractivity contribution in [2.45, 2.75) is 77.6 Å². The lowest BCUT2D eigenvalue weighted by Gasteiger charge is -2.29. The summed E-state index contributed by atoms with van der Waals surface area (Å²) in [5, 5.41) is 11.4. The Labute approximate surface area is 144 Å². The van der Waals surface area contributed by atoms with Gasteiger partial charge in [0.15, 0.2) is 0 Å². The summed E-state index contributed by atoms with van der Waals surface area (Å²) in [6.07, 6.45) is 4.64. The van der Waals surface area contributed by atoms with E-state index >= 15 is 0 Å². The second-order valence-corrected chi connectivity index (χ2v) is 8.20. The Bertz CT molecular complexity index is 539. The molecule has 1 saturated carbocycles.